The number of fused-ring (bicyclic) bond motifs is 1. The number of pyridine rings is 2. The zero-order valence-electron chi connectivity index (χ0n) is 25.7. The van der Waals surface area contributed by atoms with E-state index in [4.69, 9.17) is 29.4 Å². The highest BCUT2D eigenvalue weighted by atomic mass is 16.5. The maximum Gasteiger partial charge on any atom is 0.225 e. The Morgan fingerprint density at radius 3 is 2.49 bits per heavy atom. The number of nitrogens with one attached hydrogen (secondary N) is 2. The molecule has 1 aromatic carbocycles. The van der Waals surface area contributed by atoms with Gasteiger partial charge in [-0.15, -0.1) is 0 Å². The largest absolute Gasteiger partial charge is 0.497 e. The Hall–Kier alpha value is -4.02. The SMILES string of the molecule is CCCC[C@](C)(CO)Nc1nc(NCc2ccc(OC)cc2OC)nc2cc(-c3ccc(CN4CCCC4)nc3)cnc12. The van der Waals surface area contributed by atoms with Crippen molar-refractivity contribution in [3.05, 3.63) is 60.0 Å². The summed E-state index contributed by atoms with van der Waals surface area (Å²) in [7, 11) is 3.27. The number of anilines is 2. The number of likely N-dealkylation sites (tertiary alicyclic amines) is 1. The average Bonchev–Trinajstić information content (AvgIpc) is 3.56. The lowest BCUT2D eigenvalue weighted by Gasteiger charge is -2.29. The normalized spacial score (nSPS) is 14.9. The van der Waals surface area contributed by atoms with Gasteiger partial charge in [0.05, 0.1) is 37.6 Å². The van der Waals surface area contributed by atoms with Gasteiger partial charge in [-0.1, -0.05) is 25.8 Å². The number of methoxy groups -OCH3 is 2. The topological polar surface area (TPSA) is 118 Å². The van der Waals surface area contributed by atoms with E-state index in [0.29, 0.717) is 35.1 Å². The Kier molecular flexibility index (Phi) is 9.89. The number of nitrogens with zero attached hydrogens (tertiary/aromatic N) is 5. The first-order valence-electron chi connectivity index (χ1n) is 15.1. The molecule has 3 aromatic heterocycles. The number of hydrogen-bond acceptors (Lipinski definition) is 10. The number of hydrogen-bond donors (Lipinski definition) is 3. The van der Waals surface area contributed by atoms with Gasteiger partial charge in [-0.3, -0.25) is 14.9 Å². The van der Waals surface area contributed by atoms with E-state index in [2.05, 4.69) is 34.6 Å². The molecule has 1 aliphatic rings. The van der Waals surface area contributed by atoms with Crippen LogP contribution in [0.5, 0.6) is 11.5 Å². The first-order valence-corrected chi connectivity index (χ1v) is 15.1. The van der Waals surface area contributed by atoms with Crippen molar-refractivity contribution in [2.45, 2.75) is 64.6 Å². The molecule has 1 atom stereocenters. The Balaban J connectivity index is 1.46. The van der Waals surface area contributed by atoms with E-state index in [0.717, 1.165) is 67.0 Å². The van der Waals surface area contributed by atoms with E-state index in [-0.39, 0.29) is 6.61 Å². The molecule has 1 saturated heterocycles. The van der Waals surface area contributed by atoms with Gasteiger partial charge in [0.1, 0.15) is 17.0 Å². The fraction of sp³-hybridized carbons (Fsp3) is 0.455. The van der Waals surface area contributed by atoms with Crippen molar-refractivity contribution in [3.63, 3.8) is 0 Å². The van der Waals surface area contributed by atoms with Crippen molar-refractivity contribution in [1.29, 1.82) is 0 Å². The molecular formula is C33H43N7O3. The molecule has 10 heteroatoms. The maximum atomic E-state index is 10.3. The summed E-state index contributed by atoms with van der Waals surface area (Å²) in [4.78, 5) is 21.7. The van der Waals surface area contributed by atoms with Crippen LogP contribution < -0.4 is 20.1 Å². The molecule has 0 radical (unpaired) electrons. The molecular weight excluding hydrogens is 542 g/mol. The lowest BCUT2D eigenvalue weighted by Crippen LogP contribution is -2.39. The molecule has 0 amide bonds. The second kappa shape index (κ2) is 14.0. The van der Waals surface area contributed by atoms with Gasteiger partial charge in [-0.25, -0.2) is 4.98 Å². The first-order chi connectivity index (χ1) is 20.9. The summed E-state index contributed by atoms with van der Waals surface area (Å²) >= 11 is 0. The lowest BCUT2D eigenvalue weighted by atomic mass is 9.96. The number of aromatic nitrogens is 4. The molecule has 10 nitrogen and oxygen atoms in total. The van der Waals surface area contributed by atoms with E-state index < -0.39 is 5.54 Å². The molecule has 4 aromatic rings. The molecule has 0 spiro atoms. The van der Waals surface area contributed by atoms with Crippen molar-refractivity contribution in [1.82, 2.24) is 24.8 Å². The van der Waals surface area contributed by atoms with Crippen molar-refractivity contribution in [2.75, 3.05) is 44.5 Å². The van der Waals surface area contributed by atoms with Gasteiger partial charge in [-0.2, -0.15) is 4.98 Å². The minimum atomic E-state index is -0.552. The Morgan fingerprint density at radius 2 is 1.79 bits per heavy atom. The van der Waals surface area contributed by atoms with Crippen LogP contribution in [0.1, 0.15) is 57.2 Å². The molecule has 0 saturated carbocycles. The lowest BCUT2D eigenvalue weighted by molar-refractivity contribution is 0.212. The van der Waals surface area contributed by atoms with Gasteiger partial charge < -0.3 is 25.2 Å². The van der Waals surface area contributed by atoms with E-state index >= 15 is 0 Å². The number of aliphatic hydroxyl groups excluding tert-OH is 1. The Labute approximate surface area is 253 Å². The van der Waals surface area contributed by atoms with Crippen LogP contribution in [-0.2, 0) is 13.1 Å². The molecule has 5 rings (SSSR count). The minimum absolute atomic E-state index is 0.0299. The summed E-state index contributed by atoms with van der Waals surface area (Å²) < 4.78 is 10.9. The second-order valence-corrected chi connectivity index (χ2v) is 11.5. The van der Waals surface area contributed by atoms with E-state index in [9.17, 15) is 5.11 Å². The highest BCUT2D eigenvalue weighted by molar-refractivity contribution is 5.89. The predicted octanol–water partition coefficient (Wildman–Crippen LogP) is 5.67. The average molecular weight is 586 g/mol. The molecule has 228 valence electrons. The highest BCUT2D eigenvalue weighted by Gasteiger charge is 2.25. The molecule has 3 N–H and O–H groups in total. The highest BCUT2D eigenvalue weighted by Crippen LogP contribution is 2.30. The molecule has 4 heterocycles. The zero-order valence-corrected chi connectivity index (χ0v) is 25.7. The second-order valence-electron chi connectivity index (χ2n) is 11.5. The van der Waals surface area contributed by atoms with Gasteiger partial charge in [0.15, 0.2) is 5.82 Å². The molecule has 0 unspecified atom stereocenters. The molecule has 1 fully saturated rings. The van der Waals surface area contributed by atoms with Crippen LogP contribution in [0.2, 0.25) is 0 Å². The van der Waals surface area contributed by atoms with E-state index in [1.807, 2.05) is 43.6 Å². The van der Waals surface area contributed by atoms with Crippen molar-refractivity contribution < 1.29 is 14.6 Å². The van der Waals surface area contributed by atoms with E-state index in [1.165, 1.54) is 12.8 Å². The smallest absolute Gasteiger partial charge is 0.225 e. The summed E-state index contributed by atoms with van der Waals surface area (Å²) in [6.45, 7) is 7.74. The summed E-state index contributed by atoms with van der Waals surface area (Å²) in [6.07, 6.45) is 9.09. The number of aliphatic hydroxyl groups is 1. The third kappa shape index (κ3) is 7.50. The fourth-order valence-electron chi connectivity index (χ4n) is 5.41. The van der Waals surface area contributed by atoms with Crippen LogP contribution >= 0.6 is 0 Å². The number of unbranched alkanes of at least 4 members (excludes halogenated alkanes) is 1. The third-order valence-electron chi connectivity index (χ3n) is 8.06. The van der Waals surface area contributed by atoms with Gasteiger partial charge >= 0.3 is 0 Å². The summed E-state index contributed by atoms with van der Waals surface area (Å²) in [5.41, 5.74) is 4.70. The summed E-state index contributed by atoms with van der Waals surface area (Å²) in [5, 5.41) is 17.2. The van der Waals surface area contributed by atoms with E-state index in [1.54, 1.807) is 14.2 Å². The molecule has 0 aliphatic carbocycles. The van der Waals surface area contributed by atoms with Crippen molar-refractivity contribution in [2.24, 2.45) is 0 Å². The Morgan fingerprint density at radius 1 is 0.977 bits per heavy atom. The standard InChI is InChI=1S/C33H43N7O3/c1-5-6-13-33(2,22-41)39-31-30-28(37-32(38-31)36-19-24-10-12-27(42-3)17-29(24)43-4)16-25(20-35-30)23-9-11-26(34-18-23)21-40-14-7-8-15-40/h9-12,16-18,20,41H,5-8,13-15,19,21-22H2,1-4H3,(H2,36,37,38,39)/t33-/m1/s1. The maximum absolute atomic E-state index is 10.3. The fourth-order valence-corrected chi connectivity index (χ4v) is 5.41. The monoisotopic (exact) mass is 585 g/mol. The van der Waals surface area contributed by atoms with Crippen LogP contribution in [0.4, 0.5) is 11.8 Å². The van der Waals surface area contributed by atoms with Crippen LogP contribution in [0.15, 0.2) is 48.8 Å². The van der Waals surface area contributed by atoms with Crippen LogP contribution in [-0.4, -0.2) is 69.4 Å². The van der Waals surface area contributed by atoms with Crippen LogP contribution in [0.3, 0.4) is 0 Å². The van der Waals surface area contributed by atoms with Crippen LogP contribution in [0.25, 0.3) is 22.2 Å². The molecule has 1 aliphatic heterocycles. The van der Waals surface area contributed by atoms with Gasteiger partial charge in [-0.05, 0) is 63.5 Å². The van der Waals surface area contributed by atoms with Gasteiger partial charge in [0.2, 0.25) is 5.95 Å². The summed E-state index contributed by atoms with van der Waals surface area (Å²) in [5.74, 6) is 2.46. The molecule has 43 heavy (non-hydrogen) atoms. The summed E-state index contributed by atoms with van der Waals surface area (Å²) in [6, 6.07) is 11.9. The van der Waals surface area contributed by atoms with Crippen molar-refractivity contribution in [3.8, 4) is 22.6 Å². The third-order valence-corrected chi connectivity index (χ3v) is 8.06. The number of benzene rings is 1. The van der Waals surface area contributed by atoms with Crippen LogP contribution in [0, 0.1) is 0 Å². The number of rotatable bonds is 14. The zero-order chi connectivity index (χ0) is 30.2. The molecule has 0 bridgehead atoms. The quantitative estimate of drug-likeness (QED) is 0.171. The van der Waals surface area contributed by atoms with Gasteiger partial charge in [0, 0.05) is 48.2 Å². The van der Waals surface area contributed by atoms with Crippen molar-refractivity contribution >= 4 is 22.8 Å². The predicted molar refractivity (Wildman–Crippen MR) is 171 cm³/mol. The first kappa shape index (κ1) is 30.4. The Bertz CT molecular complexity index is 1510. The van der Waals surface area contributed by atoms with Gasteiger partial charge in [0.25, 0.3) is 0 Å². The minimum Gasteiger partial charge on any atom is -0.497 e. The number of ether oxygens (including phenoxy) is 2.